The highest BCUT2D eigenvalue weighted by Gasteiger charge is 2.42. The van der Waals surface area contributed by atoms with Crippen molar-refractivity contribution in [2.45, 2.75) is 13.8 Å². The summed E-state index contributed by atoms with van der Waals surface area (Å²) in [6.45, 7) is 4.55. The molecule has 9 aromatic carbocycles. The van der Waals surface area contributed by atoms with Gasteiger partial charge in [0.25, 0.3) is 6.71 Å². The molecule has 11 aromatic rings. The van der Waals surface area contributed by atoms with Crippen LogP contribution in [0, 0.1) is 13.8 Å². The second-order valence-electron chi connectivity index (χ2n) is 16.7. The van der Waals surface area contributed by atoms with Crippen molar-refractivity contribution >= 4 is 83.8 Å². The predicted octanol–water partition coefficient (Wildman–Crippen LogP) is 12.4. The van der Waals surface area contributed by atoms with Gasteiger partial charge in [-0.3, -0.25) is 0 Å². The standard InChI is InChI=1S/C56H38BN3/c1-35-22-27-50-47(29-35)57-48-30-36(2)28-46-43-20-12-13-21-49(43)60(56(46)48)54-34-42(33-53(55(54)57)58(50)41-18-10-5-11-19-41)59-51-31-39(37-14-6-3-7-15-37)23-25-44(51)45-26-24-40(32-52(45)59)38-16-8-4-9-17-38/h3-34H,1-2H3. The van der Waals surface area contributed by atoms with E-state index in [0.29, 0.717) is 0 Å². The zero-order valence-corrected chi connectivity index (χ0v) is 33.4. The minimum atomic E-state index is 0.0608. The van der Waals surface area contributed by atoms with E-state index in [0.717, 1.165) is 11.4 Å². The van der Waals surface area contributed by atoms with Gasteiger partial charge in [0, 0.05) is 49.8 Å². The zero-order valence-electron chi connectivity index (χ0n) is 33.4. The molecule has 3 nitrogen and oxygen atoms in total. The second-order valence-corrected chi connectivity index (χ2v) is 16.7. The van der Waals surface area contributed by atoms with E-state index < -0.39 is 0 Å². The number of fused-ring (bicyclic) bond motifs is 10. The van der Waals surface area contributed by atoms with Gasteiger partial charge in [-0.15, -0.1) is 0 Å². The summed E-state index contributed by atoms with van der Waals surface area (Å²) in [5.74, 6) is 0. The third kappa shape index (κ3) is 4.67. The van der Waals surface area contributed by atoms with Crippen LogP contribution in [-0.2, 0) is 0 Å². The predicted molar refractivity (Wildman–Crippen MR) is 255 cm³/mol. The molecule has 2 aromatic heterocycles. The molecule has 13 rings (SSSR count). The molecule has 0 atom stereocenters. The van der Waals surface area contributed by atoms with Crippen molar-refractivity contribution in [3.63, 3.8) is 0 Å². The summed E-state index contributed by atoms with van der Waals surface area (Å²) >= 11 is 0. The van der Waals surface area contributed by atoms with Crippen LogP contribution in [0.5, 0.6) is 0 Å². The minimum Gasteiger partial charge on any atom is -0.311 e. The number of aromatic nitrogens is 2. The lowest BCUT2D eigenvalue weighted by atomic mass is 9.33. The molecule has 0 aliphatic carbocycles. The minimum absolute atomic E-state index is 0.0608. The first-order valence-electron chi connectivity index (χ1n) is 21.0. The Hall–Kier alpha value is -7.56. The van der Waals surface area contributed by atoms with Crippen molar-refractivity contribution in [3.05, 3.63) is 205 Å². The van der Waals surface area contributed by atoms with E-state index in [-0.39, 0.29) is 6.71 Å². The first kappa shape index (κ1) is 33.4. The van der Waals surface area contributed by atoms with Crippen molar-refractivity contribution in [3.8, 4) is 33.6 Å². The number of benzene rings is 9. The monoisotopic (exact) mass is 763 g/mol. The maximum atomic E-state index is 2.58. The molecule has 0 fully saturated rings. The van der Waals surface area contributed by atoms with Crippen LogP contribution >= 0.6 is 0 Å². The molecule has 0 spiro atoms. The number of rotatable bonds is 4. The molecule has 4 heterocycles. The van der Waals surface area contributed by atoms with Crippen LogP contribution in [0.4, 0.5) is 17.1 Å². The summed E-state index contributed by atoms with van der Waals surface area (Å²) in [5, 5.41) is 5.08. The average Bonchev–Trinajstić information content (AvgIpc) is 3.80. The van der Waals surface area contributed by atoms with Crippen LogP contribution in [-0.4, -0.2) is 15.8 Å². The van der Waals surface area contributed by atoms with Crippen LogP contribution in [0.15, 0.2) is 194 Å². The summed E-state index contributed by atoms with van der Waals surface area (Å²) in [7, 11) is 0. The Morgan fingerprint density at radius 3 is 1.62 bits per heavy atom. The maximum Gasteiger partial charge on any atom is 0.252 e. The van der Waals surface area contributed by atoms with E-state index in [9.17, 15) is 0 Å². The number of para-hydroxylation sites is 2. The summed E-state index contributed by atoms with van der Waals surface area (Å²) in [6.07, 6.45) is 0. The second kappa shape index (κ2) is 12.5. The molecule has 0 unspecified atom stereocenters. The van der Waals surface area contributed by atoms with Crippen LogP contribution in [0.2, 0.25) is 0 Å². The third-order valence-corrected chi connectivity index (χ3v) is 13.1. The summed E-state index contributed by atoms with van der Waals surface area (Å²) < 4.78 is 5.12. The molecule has 0 N–H and O–H groups in total. The Balaban J connectivity index is 1.21. The molecule has 0 radical (unpaired) electrons. The van der Waals surface area contributed by atoms with Crippen LogP contribution in [0.1, 0.15) is 11.1 Å². The highest BCUT2D eigenvalue weighted by molar-refractivity contribution is 7.00. The van der Waals surface area contributed by atoms with Gasteiger partial charge in [0.1, 0.15) is 0 Å². The summed E-state index contributed by atoms with van der Waals surface area (Å²) in [4.78, 5) is 2.52. The lowest BCUT2D eigenvalue weighted by Crippen LogP contribution is -2.60. The Morgan fingerprint density at radius 1 is 0.350 bits per heavy atom. The number of anilines is 3. The molecule has 0 saturated heterocycles. The Bertz CT molecular complexity index is 3470. The first-order chi connectivity index (χ1) is 29.6. The summed E-state index contributed by atoms with van der Waals surface area (Å²) in [6, 6.07) is 72.4. The van der Waals surface area contributed by atoms with Gasteiger partial charge < -0.3 is 14.0 Å². The average molecular weight is 764 g/mol. The molecule has 280 valence electrons. The molecule has 0 amide bonds. The number of aryl methyl sites for hydroxylation is 2. The van der Waals surface area contributed by atoms with Crippen molar-refractivity contribution in [2.75, 3.05) is 4.90 Å². The SMILES string of the molecule is Cc1ccc2c(c1)B1c3c(cc(-n4c5cc(-c6ccccc6)ccc5c5ccc(-c6ccccc6)cc54)cc3-n3c4ccccc4c4cc(C)cc1c43)N2c1ccccc1. The van der Waals surface area contributed by atoms with E-state index in [2.05, 4.69) is 222 Å². The normalized spacial score (nSPS) is 12.8. The van der Waals surface area contributed by atoms with E-state index >= 15 is 0 Å². The number of nitrogens with zero attached hydrogens (tertiary/aromatic N) is 3. The van der Waals surface area contributed by atoms with Gasteiger partial charge in [0.05, 0.1) is 22.2 Å². The molecule has 0 saturated carbocycles. The molecule has 0 bridgehead atoms. The van der Waals surface area contributed by atoms with Crippen molar-refractivity contribution in [2.24, 2.45) is 0 Å². The van der Waals surface area contributed by atoms with Gasteiger partial charge in [-0.05, 0) is 107 Å². The lowest BCUT2D eigenvalue weighted by Gasteiger charge is -2.41. The van der Waals surface area contributed by atoms with Crippen molar-refractivity contribution < 1.29 is 0 Å². The summed E-state index contributed by atoms with van der Waals surface area (Å²) in [5.41, 5.74) is 22.3. The van der Waals surface area contributed by atoms with E-state index in [1.54, 1.807) is 0 Å². The smallest absolute Gasteiger partial charge is 0.252 e. The van der Waals surface area contributed by atoms with E-state index in [1.807, 2.05) is 0 Å². The Labute approximate surface area is 349 Å². The van der Waals surface area contributed by atoms with Gasteiger partial charge in [0.15, 0.2) is 0 Å². The van der Waals surface area contributed by atoms with Crippen LogP contribution < -0.4 is 21.3 Å². The lowest BCUT2D eigenvalue weighted by molar-refractivity contribution is 1.13. The fraction of sp³-hybridized carbons (Fsp3) is 0.0357. The van der Waals surface area contributed by atoms with Crippen LogP contribution in [0.25, 0.3) is 77.2 Å². The van der Waals surface area contributed by atoms with E-state index in [1.165, 1.54) is 110 Å². The van der Waals surface area contributed by atoms with Gasteiger partial charge in [-0.25, -0.2) is 0 Å². The molecule has 2 aliphatic rings. The van der Waals surface area contributed by atoms with Crippen LogP contribution in [0.3, 0.4) is 0 Å². The fourth-order valence-electron chi connectivity index (χ4n) is 10.6. The fourth-order valence-corrected chi connectivity index (χ4v) is 10.6. The quantitative estimate of drug-likeness (QED) is 0.163. The first-order valence-corrected chi connectivity index (χ1v) is 21.0. The van der Waals surface area contributed by atoms with Crippen molar-refractivity contribution in [1.29, 1.82) is 0 Å². The molecular weight excluding hydrogens is 725 g/mol. The molecular formula is C56H38BN3. The van der Waals surface area contributed by atoms with Gasteiger partial charge in [-0.1, -0.05) is 151 Å². The van der Waals surface area contributed by atoms with Gasteiger partial charge in [0.2, 0.25) is 0 Å². The van der Waals surface area contributed by atoms with E-state index in [4.69, 9.17) is 0 Å². The largest absolute Gasteiger partial charge is 0.311 e. The topological polar surface area (TPSA) is 13.1 Å². The number of hydrogen-bond donors (Lipinski definition) is 0. The Morgan fingerprint density at radius 2 is 0.933 bits per heavy atom. The highest BCUT2D eigenvalue weighted by atomic mass is 15.2. The van der Waals surface area contributed by atoms with Crippen molar-refractivity contribution in [1.82, 2.24) is 9.13 Å². The van der Waals surface area contributed by atoms with Gasteiger partial charge in [-0.2, -0.15) is 0 Å². The van der Waals surface area contributed by atoms with Gasteiger partial charge >= 0.3 is 0 Å². The molecule has 2 aliphatic heterocycles. The highest BCUT2D eigenvalue weighted by Crippen LogP contribution is 2.45. The maximum absolute atomic E-state index is 2.58. The zero-order chi connectivity index (χ0) is 39.6. The molecule has 4 heteroatoms. The Kier molecular flexibility index (Phi) is 6.95. The number of hydrogen-bond acceptors (Lipinski definition) is 1. The molecule has 60 heavy (non-hydrogen) atoms. The third-order valence-electron chi connectivity index (χ3n) is 13.1.